The van der Waals surface area contributed by atoms with Crippen molar-refractivity contribution in [3.05, 3.63) is 27.7 Å². The van der Waals surface area contributed by atoms with Crippen molar-refractivity contribution in [1.29, 1.82) is 0 Å². The summed E-state index contributed by atoms with van der Waals surface area (Å²) in [5.41, 5.74) is 6.02. The van der Waals surface area contributed by atoms with E-state index < -0.39 is 0 Å². The van der Waals surface area contributed by atoms with Crippen LogP contribution in [0.5, 0.6) is 0 Å². The van der Waals surface area contributed by atoms with E-state index in [0.29, 0.717) is 22.2 Å². The van der Waals surface area contributed by atoms with Crippen molar-refractivity contribution in [1.82, 2.24) is 5.32 Å². The minimum atomic E-state index is -0.278. The van der Waals surface area contributed by atoms with Gasteiger partial charge in [-0.15, -0.1) is 11.8 Å². The fourth-order valence-corrected chi connectivity index (χ4v) is 3.79. The number of amides is 1. The molecule has 1 fully saturated rings. The van der Waals surface area contributed by atoms with E-state index in [-0.39, 0.29) is 11.4 Å². The largest absolute Gasteiger partial charge is 0.345 e. The van der Waals surface area contributed by atoms with Crippen LogP contribution in [0.1, 0.15) is 36.0 Å². The highest BCUT2D eigenvalue weighted by molar-refractivity contribution is 7.98. The molecule has 0 saturated heterocycles. The average molecular weight is 333 g/mol. The number of benzene rings is 1. The van der Waals surface area contributed by atoms with Crippen molar-refractivity contribution in [2.45, 2.75) is 36.1 Å². The van der Waals surface area contributed by atoms with Crippen LogP contribution in [0.25, 0.3) is 0 Å². The van der Waals surface area contributed by atoms with Crippen LogP contribution in [0.4, 0.5) is 0 Å². The minimum Gasteiger partial charge on any atom is -0.345 e. The average Bonchev–Trinajstić information content (AvgIpc) is 2.88. The third-order valence-electron chi connectivity index (χ3n) is 3.82. The van der Waals surface area contributed by atoms with E-state index in [4.69, 9.17) is 28.9 Å². The van der Waals surface area contributed by atoms with Crippen LogP contribution >= 0.6 is 35.0 Å². The van der Waals surface area contributed by atoms with Crippen molar-refractivity contribution in [3.8, 4) is 0 Å². The molecule has 0 bridgehead atoms. The summed E-state index contributed by atoms with van der Waals surface area (Å²) in [6.07, 6.45) is 5.96. The SMILES string of the molecule is CSc1cc(C(=O)NC2(CN)CCCC2)c(Cl)cc1Cl. The molecule has 110 valence electrons. The molecule has 1 amide bonds. The number of halogens is 2. The Balaban J connectivity index is 2.25. The molecule has 0 aliphatic heterocycles. The first-order chi connectivity index (χ1) is 9.51. The predicted molar refractivity (Wildman–Crippen MR) is 86.0 cm³/mol. The smallest absolute Gasteiger partial charge is 0.253 e. The fraction of sp³-hybridized carbons (Fsp3) is 0.500. The van der Waals surface area contributed by atoms with Gasteiger partial charge in [0.25, 0.3) is 5.91 Å². The highest BCUT2D eigenvalue weighted by Gasteiger charge is 2.34. The number of nitrogens with two attached hydrogens (primary N) is 1. The van der Waals surface area contributed by atoms with Gasteiger partial charge in [-0.1, -0.05) is 36.0 Å². The van der Waals surface area contributed by atoms with Gasteiger partial charge in [0, 0.05) is 11.4 Å². The van der Waals surface area contributed by atoms with Gasteiger partial charge in [-0.3, -0.25) is 4.79 Å². The number of hydrogen-bond donors (Lipinski definition) is 2. The van der Waals surface area contributed by atoms with E-state index in [2.05, 4.69) is 5.32 Å². The summed E-state index contributed by atoms with van der Waals surface area (Å²) in [6.45, 7) is 0.458. The summed E-state index contributed by atoms with van der Waals surface area (Å²) in [5.74, 6) is -0.172. The first-order valence-corrected chi connectivity index (χ1v) is 8.55. The number of rotatable bonds is 4. The Morgan fingerprint density at radius 3 is 2.55 bits per heavy atom. The molecule has 20 heavy (non-hydrogen) atoms. The lowest BCUT2D eigenvalue weighted by molar-refractivity contribution is 0.0903. The zero-order valence-electron chi connectivity index (χ0n) is 11.3. The molecule has 0 heterocycles. The number of thioether (sulfide) groups is 1. The summed E-state index contributed by atoms with van der Waals surface area (Å²) < 4.78 is 0. The Hall–Kier alpha value is -0.420. The van der Waals surface area contributed by atoms with Crippen LogP contribution in [0.3, 0.4) is 0 Å². The van der Waals surface area contributed by atoms with E-state index in [1.807, 2.05) is 6.26 Å². The topological polar surface area (TPSA) is 55.1 Å². The Morgan fingerprint density at radius 1 is 1.35 bits per heavy atom. The zero-order valence-corrected chi connectivity index (χ0v) is 13.7. The van der Waals surface area contributed by atoms with Crippen LogP contribution in [0, 0.1) is 0 Å². The molecule has 1 aliphatic carbocycles. The zero-order chi connectivity index (χ0) is 14.8. The molecule has 2 rings (SSSR count). The molecular weight excluding hydrogens is 315 g/mol. The standard InChI is InChI=1S/C14H18Cl2N2OS/c1-20-12-6-9(10(15)7-11(12)16)13(19)18-14(8-17)4-2-3-5-14/h6-7H,2-5,8,17H2,1H3,(H,18,19). The van der Waals surface area contributed by atoms with E-state index in [0.717, 1.165) is 30.6 Å². The summed E-state index contributed by atoms with van der Waals surface area (Å²) in [6, 6.07) is 3.36. The second-order valence-electron chi connectivity index (χ2n) is 5.11. The Labute approximate surface area is 133 Å². The summed E-state index contributed by atoms with van der Waals surface area (Å²) in [7, 11) is 0. The van der Waals surface area contributed by atoms with Gasteiger partial charge >= 0.3 is 0 Å². The monoisotopic (exact) mass is 332 g/mol. The fourth-order valence-electron chi connectivity index (χ4n) is 2.60. The Morgan fingerprint density at radius 2 is 2.00 bits per heavy atom. The van der Waals surface area contributed by atoms with E-state index in [1.54, 1.807) is 12.1 Å². The number of hydrogen-bond acceptors (Lipinski definition) is 3. The molecule has 1 aromatic rings. The highest BCUT2D eigenvalue weighted by atomic mass is 35.5. The first-order valence-electron chi connectivity index (χ1n) is 6.57. The third kappa shape index (κ3) is 3.25. The number of carbonyl (C=O) groups is 1. The summed E-state index contributed by atoms with van der Waals surface area (Å²) in [4.78, 5) is 13.3. The van der Waals surface area contributed by atoms with Crippen molar-refractivity contribution >= 4 is 40.9 Å². The molecular formula is C14H18Cl2N2OS. The van der Waals surface area contributed by atoms with Crippen molar-refractivity contribution in [2.24, 2.45) is 5.73 Å². The van der Waals surface area contributed by atoms with Gasteiger partial charge in [0.15, 0.2) is 0 Å². The number of carbonyl (C=O) groups excluding carboxylic acids is 1. The molecule has 3 N–H and O–H groups in total. The number of nitrogens with one attached hydrogen (secondary N) is 1. The normalized spacial score (nSPS) is 17.2. The molecule has 0 radical (unpaired) electrons. The molecule has 0 spiro atoms. The van der Waals surface area contributed by atoms with Crippen LogP contribution in [0.15, 0.2) is 17.0 Å². The van der Waals surface area contributed by atoms with Crippen LogP contribution < -0.4 is 11.1 Å². The van der Waals surface area contributed by atoms with Gasteiger partial charge in [0.1, 0.15) is 0 Å². The van der Waals surface area contributed by atoms with Crippen molar-refractivity contribution in [2.75, 3.05) is 12.8 Å². The lowest BCUT2D eigenvalue weighted by atomic mass is 9.97. The highest BCUT2D eigenvalue weighted by Crippen LogP contribution is 2.33. The molecule has 1 aliphatic rings. The maximum absolute atomic E-state index is 12.5. The van der Waals surface area contributed by atoms with Gasteiger partial charge in [0.05, 0.1) is 21.1 Å². The van der Waals surface area contributed by atoms with Crippen LogP contribution in [0.2, 0.25) is 10.0 Å². The minimum absolute atomic E-state index is 0.172. The van der Waals surface area contributed by atoms with E-state index >= 15 is 0 Å². The molecule has 1 aromatic carbocycles. The van der Waals surface area contributed by atoms with Crippen molar-refractivity contribution in [3.63, 3.8) is 0 Å². The second kappa shape index (κ2) is 6.56. The third-order valence-corrected chi connectivity index (χ3v) is 5.33. The molecule has 6 heteroatoms. The lowest BCUT2D eigenvalue weighted by Gasteiger charge is -2.29. The predicted octanol–water partition coefficient (Wildman–Crippen LogP) is 3.72. The lowest BCUT2D eigenvalue weighted by Crippen LogP contribution is -2.51. The van der Waals surface area contributed by atoms with Gasteiger partial charge in [-0.2, -0.15) is 0 Å². The second-order valence-corrected chi connectivity index (χ2v) is 6.77. The maximum atomic E-state index is 12.5. The van der Waals surface area contributed by atoms with Gasteiger partial charge in [-0.05, 0) is 31.2 Å². The van der Waals surface area contributed by atoms with Gasteiger partial charge < -0.3 is 11.1 Å². The molecule has 0 unspecified atom stereocenters. The molecule has 0 aromatic heterocycles. The Kier molecular flexibility index (Phi) is 5.24. The van der Waals surface area contributed by atoms with Crippen LogP contribution in [-0.2, 0) is 0 Å². The Bertz CT molecular complexity index is 516. The van der Waals surface area contributed by atoms with Gasteiger partial charge in [0.2, 0.25) is 0 Å². The first kappa shape index (κ1) is 16.0. The van der Waals surface area contributed by atoms with Crippen molar-refractivity contribution < 1.29 is 4.79 Å². The quantitative estimate of drug-likeness (QED) is 0.826. The van der Waals surface area contributed by atoms with E-state index in [1.165, 1.54) is 11.8 Å². The van der Waals surface area contributed by atoms with Gasteiger partial charge in [-0.25, -0.2) is 0 Å². The summed E-state index contributed by atoms with van der Waals surface area (Å²) >= 11 is 13.7. The maximum Gasteiger partial charge on any atom is 0.253 e. The molecule has 0 atom stereocenters. The molecule has 3 nitrogen and oxygen atoms in total. The van der Waals surface area contributed by atoms with Crippen LogP contribution in [-0.4, -0.2) is 24.2 Å². The molecule has 1 saturated carbocycles. The summed E-state index contributed by atoms with van der Waals surface area (Å²) in [5, 5.41) is 4.00. The van der Waals surface area contributed by atoms with E-state index in [9.17, 15) is 4.79 Å².